The van der Waals surface area contributed by atoms with E-state index in [4.69, 9.17) is 0 Å². The van der Waals surface area contributed by atoms with Gasteiger partial charge in [0.1, 0.15) is 23.5 Å². The molecule has 0 fully saturated rings. The van der Waals surface area contributed by atoms with E-state index in [1.54, 1.807) is 23.7 Å². The van der Waals surface area contributed by atoms with E-state index in [2.05, 4.69) is 15.0 Å². The third-order valence-electron chi connectivity index (χ3n) is 6.34. The first kappa shape index (κ1) is 19.7. The maximum Gasteiger partial charge on any atom is 0.330 e. The number of aryl methyl sites for hydroxylation is 1. The molecule has 0 saturated carbocycles. The molecule has 10 heteroatoms. The van der Waals surface area contributed by atoms with Gasteiger partial charge in [0.15, 0.2) is 5.65 Å². The Kier molecular flexibility index (Phi) is 4.21. The van der Waals surface area contributed by atoms with Gasteiger partial charge >= 0.3 is 5.69 Å². The Morgan fingerprint density at radius 3 is 2.64 bits per heavy atom. The molecule has 0 amide bonds. The minimum Gasteiger partial charge on any atom is -0.388 e. The molecule has 1 unspecified atom stereocenters. The summed E-state index contributed by atoms with van der Waals surface area (Å²) in [4.78, 5) is 26.5. The van der Waals surface area contributed by atoms with Gasteiger partial charge in [0.25, 0.3) is 0 Å². The van der Waals surface area contributed by atoms with E-state index < -0.39 is 23.8 Å². The molecule has 166 valence electrons. The van der Waals surface area contributed by atoms with Crippen molar-refractivity contribution in [3.63, 3.8) is 0 Å². The van der Waals surface area contributed by atoms with Gasteiger partial charge < -0.3 is 5.11 Å². The Bertz CT molecular complexity index is 1620. The molecule has 2 aromatic carbocycles. The van der Waals surface area contributed by atoms with E-state index in [9.17, 15) is 18.7 Å². The van der Waals surface area contributed by atoms with Crippen molar-refractivity contribution in [2.75, 3.05) is 0 Å². The summed E-state index contributed by atoms with van der Waals surface area (Å²) < 4.78 is 32.5. The van der Waals surface area contributed by atoms with Crippen LogP contribution in [-0.4, -0.2) is 33.8 Å². The molecule has 0 radical (unpaired) electrons. The summed E-state index contributed by atoms with van der Waals surface area (Å²) in [5, 5.41) is 10.4. The van der Waals surface area contributed by atoms with Gasteiger partial charge in [0.2, 0.25) is 5.95 Å². The highest BCUT2D eigenvalue weighted by Crippen LogP contribution is 2.39. The van der Waals surface area contributed by atoms with E-state index in [1.807, 2.05) is 0 Å². The molecule has 5 aromatic rings. The summed E-state index contributed by atoms with van der Waals surface area (Å²) in [7, 11) is 1.62. The summed E-state index contributed by atoms with van der Waals surface area (Å²) in [6.07, 6.45) is 3.17. The summed E-state index contributed by atoms with van der Waals surface area (Å²) in [5.74, 6) is -0.630. The number of rotatable bonds is 2. The van der Waals surface area contributed by atoms with Crippen LogP contribution in [0.4, 0.5) is 8.78 Å². The fourth-order valence-corrected chi connectivity index (χ4v) is 4.70. The van der Waals surface area contributed by atoms with Gasteiger partial charge in [-0.15, -0.1) is 0 Å². The fraction of sp³-hybridized carbons (Fsp3) is 0.217. The number of aliphatic hydroxyl groups is 1. The zero-order chi connectivity index (χ0) is 22.9. The van der Waals surface area contributed by atoms with Crippen molar-refractivity contribution in [3.05, 3.63) is 82.2 Å². The Labute approximate surface area is 185 Å². The topological polar surface area (TPSA) is 90.8 Å². The average molecular weight is 448 g/mol. The first-order chi connectivity index (χ1) is 15.9. The number of benzene rings is 2. The number of nitrogens with zero attached hydrogens (tertiary/aromatic N) is 6. The summed E-state index contributed by atoms with van der Waals surface area (Å²) in [6.45, 7) is 0. The number of aromatic nitrogens is 6. The van der Waals surface area contributed by atoms with Crippen LogP contribution >= 0.6 is 0 Å². The molecule has 33 heavy (non-hydrogen) atoms. The molecule has 0 spiro atoms. The van der Waals surface area contributed by atoms with E-state index in [0.29, 0.717) is 46.2 Å². The van der Waals surface area contributed by atoms with Crippen LogP contribution in [0.2, 0.25) is 0 Å². The predicted octanol–water partition coefficient (Wildman–Crippen LogP) is 3.16. The predicted molar refractivity (Wildman–Crippen MR) is 116 cm³/mol. The van der Waals surface area contributed by atoms with Crippen molar-refractivity contribution in [2.24, 2.45) is 7.05 Å². The van der Waals surface area contributed by atoms with Gasteiger partial charge in [-0.3, -0.25) is 13.7 Å². The molecule has 1 aliphatic carbocycles. The fourth-order valence-electron chi connectivity index (χ4n) is 4.70. The van der Waals surface area contributed by atoms with Crippen LogP contribution in [0.25, 0.3) is 28.1 Å². The molecule has 1 aliphatic rings. The zero-order valence-electron chi connectivity index (χ0n) is 17.5. The molecule has 1 N–H and O–H groups in total. The monoisotopic (exact) mass is 448 g/mol. The van der Waals surface area contributed by atoms with E-state index in [0.717, 1.165) is 0 Å². The van der Waals surface area contributed by atoms with E-state index in [1.165, 1.54) is 45.9 Å². The van der Waals surface area contributed by atoms with Crippen LogP contribution in [0.15, 0.2) is 53.7 Å². The number of fused-ring (bicyclic) bond motifs is 3. The molecule has 8 nitrogen and oxygen atoms in total. The van der Waals surface area contributed by atoms with Crippen molar-refractivity contribution in [2.45, 2.75) is 25.0 Å². The summed E-state index contributed by atoms with van der Waals surface area (Å²) in [5.41, 5.74) is 2.77. The van der Waals surface area contributed by atoms with Crippen molar-refractivity contribution < 1.29 is 13.9 Å². The third kappa shape index (κ3) is 2.91. The first-order valence-electron chi connectivity index (χ1n) is 10.5. The molecule has 3 aromatic heterocycles. The van der Waals surface area contributed by atoms with Crippen LogP contribution in [0.5, 0.6) is 0 Å². The number of imidazole rings is 2. The first-order valence-corrected chi connectivity index (χ1v) is 10.5. The average Bonchev–Trinajstić information content (AvgIpc) is 3.32. The molecule has 0 aliphatic heterocycles. The van der Waals surface area contributed by atoms with E-state index >= 15 is 0 Å². The lowest BCUT2D eigenvalue weighted by Crippen LogP contribution is -2.30. The minimum absolute atomic E-state index is 0.227. The van der Waals surface area contributed by atoms with Crippen molar-refractivity contribution in [1.29, 1.82) is 0 Å². The maximum absolute atomic E-state index is 14.1. The van der Waals surface area contributed by atoms with Gasteiger partial charge in [-0.05, 0) is 48.2 Å². The zero-order valence-corrected chi connectivity index (χ0v) is 17.5. The molecule has 3 heterocycles. The maximum atomic E-state index is 14.1. The van der Waals surface area contributed by atoms with Gasteiger partial charge in [0.05, 0.1) is 29.4 Å². The molecule has 2 atom stereocenters. The smallest absolute Gasteiger partial charge is 0.330 e. The van der Waals surface area contributed by atoms with Crippen molar-refractivity contribution in [1.82, 2.24) is 28.7 Å². The highest BCUT2D eigenvalue weighted by molar-refractivity contribution is 5.77. The van der Waals surface area contributed by atoms with Crippen molar-refractivity contribution in [3.8, 4) is 5.95 Å². The van der Waals surface area contributed by atoms with Crippen molar-refractivity contribution >= 4 is 22.2 Å². The lowest BCUT2D eigenvalue weighted by Gasteiger charge is -2.29. The second-order valence-electron chi connectivity index (χ2n) is 8.22. The van der Waals surface area contributed by atoms with Crippen LogP contribution in [-0.2, 0) is 7.05 Å². The summed E-state index contributed by atoms with van der Waals surface area (Å²) in [6, 6.07) is 7.96. The Balaban J connectivity index is 1.59. The molecule has 0 bridgehead atoms. The van der Waals surface area contributed by atoms with Crippen LogP contribution < -0.4 is 5.69 Å². The number of halogens is 2. The molecular weight excluding hydrogens is 430 g/mol. The van der Waals surface area contributed by atoms with Gasteiger partial charge in [-0.2, -0.15) is 4.98 Å². The van der Waals surface area contributed by atoms with Crippen LogP contribution in [0, 0.1) is 11.6 Å². The van der Waals surface area contributed by atoms with Crippen LogP contribution in [0.1, 0.15) is 36.1 Å². The highest BCUT2D eigenvalue weighted by atomic mass is 19.1. The van der Waals surface area contributed by atoms with E-state index in [-0.39, 0.29) is 11.6 Å². The third-order valence-corrected chi connectivity index (χ3v) is 6.34. The standard InChI is InChI=1S/C23H18F2N6O2/c1-29-19-10-26-22(30-11-27-16-5-3-13(25)9-18(16)30)28-21(19)31(23(29)33)17-6-7-20(32)14-4-2-12(24)8-15(14)17/h2-5,8-11,17,20,32H,6-7H2,1H3/t17?,20-/m1/s1. The second kappa shape index (κ2) is 7.04. The quantitative estimate of drug-likeness (QED) is 0.448. The Morgan fingerprint density at radius 1 is 1.00 bits per heavy atom. The second-order valence-corrected chi connectivity index (χ2v) is 8.22. The minimum atomic E-state index is -0.722. The molecule has 0 saturated heterocycles. The molecular formula is C23H18F2N6O2. The van der Waals surface area contributed by atoms with Gasteiger partial charge in [0, 0.05) is 13.1 Å². The number of hydrogen-bond donors (Lipinski definition) is 1. The Hall–Kier alpha value is -3.92. The Morgan fingerprint density at radius 2 is 1.79 bits per heavy atom. The number of hydrogen-bond acceptors (Lipinski definition) is 5. The lowest BCUT2D eigenvalue weighted by molar-refractivity contribution is 0.147. The summed E-state index contributed by atoms with van der Waals surface area (Å²) >= 11 is 0. The van der Waals surface area contributed by atoms with Gasteiger partial charge in [-0.25, -0.2) is 23.5 Å². The van der Waals surface area contributed by atoms with Crippen LogP contribution in [0.3, 0.4) is 0 Å². The SMILES string of the molecule is Cn1c(=O)n(C2CC[C@@H](O)c3ccc(F)cc32)c2nc(-n3cnc4ccc(F)cc43)ncc21. The molecule has 6 rings (SSSR count). The normalized spacial score (nSPS) is 18.2. The highest BCUT2D eigenvalue weighted by Gasteiger charge is 2.31. The largest absolute Gasteiger partial charge is 0.388 e. The lowest BCUT2D eigenvalue weighted by atomic mass is 9.85. The number of aliphatic hydroxyl groups excluding tert-OH is 1. The van der Waals surface area contributed by atoms with Gasteiger partial charge in [-0.1, -0.05) is 6.07 Å².